The van der Waals surface area contributed by atoms with Gasteiger partial charge >= 0.3 is 0 Å². The van der Waals surface area contributed by atoms with E-state index in [9.17, 15) is 23.9 Å². The minimum absolute atomic E-state index is 0.0266. The van der Waals surface area contributed by atoms with E-state index in [0.29, 0.717) is 42.0 Å². The van der Waals surface area contributed by atoms with E-state index in [0.717, 1.165) is 30.9 Å². The van der Waals surface area contributed by atoms with Crippen LogP contribution < -0.4 is 10.6 Å². The molecule has 2 aliphatic rings. The summed E-state index contributed by atoms with van der Waals surface area (Å²) in [6.07, 6.45) is 2.32. The third-order valence-corrected chi connectivity index (χ3v) is 7.06. The number of amides is 3. The van der Waals surface area contributed by atoms with Crippen LogP contribution in [-0.4, -0.2) is 75.9 Å². The molecule has 0 radical (unpaired) electrons. The van der Waals surface area contributed by atoms with Crippen LogP contribution in [0.3, 0.4) is 0 Å². The van der Waals surface area contributed by atoms with Crippen LogP contribution in [0.25, 0.3) is 11.6 Å². The van der Waals surface area contributed by atoms with Crippen LogP contribution in [0.1, 0.15) is 60.6 Å². The maximum Gasteiger partial charge on any atom is 0.256 e. The number of anilines is 2. The summed E-state index contributed by atoms with van der Waals surface area (Å²) in [6, 6.07) is 2.51. The highest BCUT2D eigenvalue weighted by Crippen LogP contribution is 2.37. The average Bonchev–Trinajstić information content (AvgIpc) is 3.31. The molecule has 1 aromatic heterocycles. The van der Waals surface area contributed by atoms with Crippen molar-refractivity contribution in [2.75, 3.05) is 43.4 Å². The van der Waals surface area contributed by atoms with Gasteiger partial charge in [0.2, 0.25) is 0 Å². The molecule has 0 aliphatic carbocycles. The van der Waals surface area contributed by atoms with E-state index in [4.69, 9.17) is 0 Å². The van der Waals surface area contributed by atoms with Crippen molar-refractivity contribution in [1.82, 2.24) is 14.8 Å². The predicted octanol–water partition coefficient (Wildman–Crippen LogP) is 3.00. The normalized spacial score (nSPS) is 16.3. The van der Waals surface area contributed by atoms with Gasteiger partial charge in [0.15, 0.2) is 0 Å². The average molecular weight is 512 g/mol. The smallest absolute Gasteiger partial charge is 0.256 e. The molecule has 2 aliphatic heterocycles. The number of H-pyrrole nitrogens is 1. The Hall–Kier alpha value is -3.50. The van der Waals surface area contributed by atoms with Crippen LogP contribution in [0.2, 0.25) is 0 Å². The van der Waals surface area contributed by atoms with E-state index >= 15 is 0 Å². The van der Waals surface area contributed by atoms with Gasteiger partial charge in [-0.05, 0) is 57.6 Å². The van der Waals surface area contributed by atoms with Gasteiger partial charge in [0, 0.05) is 43.0 Å². The Labute approximate surface area is 215 Å². The molecule has 3 amide bonds. The Kier molecular flexibility index (Phi) is 7.25. The first kappa shape index (κ1) is 26.6. The molecule has 10 heteroatoms. The second-order valence-corrected chi connectivity index (χ2v) is 9.99. The molecule has 0 spiro atoms. The van der Waals surface area contributed by atoms with Crippen LogP contribution in [0.4, 0.5) is 15.8 Å². The number of halogens is 1. The van der Waals surface area contributed by atoms with E-state index in [1.165, 1.54) is 26.0 Å². The maximum absolute atomic E-state index is 14.8. The molecular weight excluding hydrogens is 477 g/mol. The van der Waals surface area contributed by atoms with Crippen molar-refractivity contribution in [2.24, 2.45) is 0 Å². The Balaban J connectivity index is 1.61. The molecule has 2 aromatic rings. The van der Waals surface area contributed by atoms with Gasteiger partial charge in [-0.2, -0.15) is 0 Å². The van der Waals surface area contributed by atoms with Crippen LogP contribution in [0.15, 0.2) is 12.1 Å². The van der Waals surface area contributed by atoms with Gasteiger partial charge in [0.1, 0.15) is 11.4 Å². The number of benzene rings is 1. The molecule has 0 atom stereocenters. The zero-order valence-electron chi connectivity index (χ0n) is 21.9. The van der Waals surface area contributed by atoms with Crippen molar-refractivity contribution in [3.63, 3.8) is 0 Å². The van der Waals surface area contributed by atoms with Gasteiger partial charge in [-0.1, -0.05) is 13.8 Å². The highest BCUT2D eigenvalue weighted by Gasteiger charge is 2.32. The topological polar surface area (TPSA) is 118 Å². The molecule has 1 aromatic carbocycles. The van der Waals surface area contributed by atoms with Crippen LogP contribution in [0, 0.1) is 12.7 Å². The number of aliphatic hydroxyl groups is 1. The summed E-state index contributed by atoms with van der Waals surface area (Å²) in [5.74, 6) is -1.95. The van der Waals surface area contributed by atoms with Crippen molar-refractivity contribution in [3.8, 4) is 0 Å². The fraction of sp³-hybridized carbons (Fsp3) is 0.444. The van der Waals surface area contributed by atoms with E-state index in [1.54, 1.807) is 6.08 Å². The van der Waals surface area contributed by atoms with Crippen molar-refractivity contribution in [3.05, 3.63) is 46.0 Å². The minimum atomic E-state index is -1.69. The standard InChI is InChI=1S/C27H34FN5O4/c1-6-32(7-2)10-11-33-9-8-19-23(25(33)35)15(3)20(29-19)13-17-16-12-18(28)22(14-21(16)30-24(17)34)31-26(36)27(4,5)37/h12-14,29,37H,6-11H2,1-5H3,(H,30,34)(H,31,36)/b17-13-. The third kappa shape index (κ3) is 5.17. The van der Waals surface area contributed by atoms with E-state index in [2.05, 4.69) is 34.4 Å². The maximum atomic E-state index is 14.8. The quantitative estimate of drug-likeness (QED) is 0.407. The second kappa shape index (κ2) is 10.1. The Morgan fingerprint density at radius 2 is 1.97 bits per heavy atom. The third-order valence-electron chi connectivity index (χ3n) is 7.06. The van der Waals surface area contributed by atoms with Crippen molar-refractivity contribution >= 4 is 40.7 Å². The zero-order chi connectivity index (χ0) is 27.1. The summed E-state index contributed by atoms with van der Waals surface area (Å²) >= 11 is 0. The first-order valence-electron chi connectivity index (χ1n) is 12.6. The van der Waals surface area contributed by atoms with Gasteiger partial charge in [0.05, 0.1) is 22.5 Å². The molecule has 4 rings (SSSR count). The Morgan fingerprint density at radius 3 is 2.62 bits per heavy atom. The number of aromatic nitrogens is 1. The van der Waals surface area contributed by atoms with Crippen LogP contribution in [0.5, 0.6) is 0 Å². The number of carbonyl (C=O) groups excluding carboxylic acids is 3. The lowest BCUT2D eigenvalue weighted by Gasteiger charge is -2.29. The first-order chi connectivity index (χ1) is 17.4. The van der Waals surface area contributed by atoms with Gasteiger partial charge in [-0.3, -0.25) is 14.4 Å². The summed E-state index contributed by atoms with van der Waals surface area (Å²) in [4.78, 5) is 45.6. The summed E-state index contributed by atoms with van der Waals surface area (Å²) in [7, 11) is 0. The number of nitrogens with zero attached hydrogens (tertiary/aromatic N) is 2. The molecule has 4 N–H and O–H groups in total. The molecule has 0 unspecified atom stereocenters. The largest absolute Gasteiger partial charge is 0.381 e. The van der Waals surface area contributed by atoms with Gasteiger partial charge < -0.3 is 30.5 Å². The van der Waals surface area contributed by atoms with Crippen molar-refractivity contribution in [2.45, 2.75) is 46.6 Å². The number of fused-ring (bicyclic) bond motifs is 2. The van der Waals surface area contributed by atoms with Gasteiger partial charge in [0.25, 0.3) is 17.7 Å². The van der Waals surface area contributed by atoms with E-state index in [-0.39, 0.29) is 17.2 Å². The summed E-state index contributed by atoms with van der Waals surface area (Å²) in [6.45, 7) is 12.6. The minimum Gasteiger partial charge on any atom is -0.381 e. The summed E-state index contributed by atoms with van der Waals surface area (Å²) in [5, 5.41) is 14.9. The van der Waals surface area contributed by atoms with E-state index in [1.807, 2.05) is 11.8 Å². The van der Waals surface area contributed by atoms with Crippen LogP contribution >= 0.6 is 0 Å². The monoisotopic (exact) mass is 511 g/mol. The summed E-state index contributed by atoms with van der Waals surface area (Å²) < 4.78 is 14.8. The molecule has 37 heavy (non-hydrogen) atoms. The number of rotatable bonds is 8. The fourth-order valence-corrected chi connectivity index (χ4v) is 4.69. The lowest BCUT2D eigenvalue weighted by Crippen LogP contribution is -2.42. The molecule has 0 saturated carbocycles. The number of likely N-dealkylation sites (N-methyl/N-ethyl adjacent to an activating group) is 1. The second-order valence-electron chi connectivity index (χ2n) is 9.99. The van der Waals surface area contributed by atoms with Gasteiger partial charge in [-0.15, -0.1) is 0 Å². The number of hydrogen-bond donors (Lipinski definition) is 4. The lowest BCUT2D eigenvalue weighted by molar-refractivity contribution is -0.130. The SMILES string of the molecule is CCN(CC)CCN1CCc2[nH]c(/C=C3\C(=O)Nc4cc(NC(=O)C(C)(C)O)c(F)cc43)c(C)c2C1=O. The number of aromatic amines is 1. The molecule has 0 saturated heterocycles. The molecular formula is C27H34FN5O4. The Morgan fingerprint density at radius 1 is 1.27 bits per heavy atom. The van der Waals surface area contributed by atoms with E-state index < -0.39 is 23.2 Å². The Bertz CT molecular complexity index is 1290. The highest BCUT2D eigenvalue weighted by atomic mass is 19.1. The number of nitrogens with one attached hydrogen (secondary N) is 3. The van der Waals surface area contributed by atoms with Crippen molar-refractivity contribution in [1.29, 1.82) is 0 Å². The molecule has 9 nitrogen and oxygen atoms in total. The first-order valence-corrected chi connectivity index (χ1v) is 12.6. The summed E-state index contributed by atoms with van der Waals surface area (Å²) in [5.41, 5.74) is 1.95. The lowest BCUT2D eigenvalue weighted by atomic mass is 10.0. The molecule has 3 heterocycles. The zero-order valence-corrected chi connectivity index (χ0v) is 21.9. The predicted molar refractivity (Wildman–Crippen MR) is 141 cm³/mol. The highest BCUT2D eigenvalue weighted by molar-refractivity contribution is 6.35. The molecule has 0 bridgehead atoms. The van der Waals surface area contributed by atoms with Gasteiger partial charge in [-0.25, -0.2) is 4.39 Å². The molecule has 0 fully saturated rings. The molecule has 198 valence electrons. The number of carbonyl (C=O) groups is 3. The van der Waals surface area contributed by atoms with Crippen LogP contribution in [-0.2, 0) is 16.0 Å². The van der Waals surface area contributed by atoms with Crippen molar-refractivity contribution < 1.29 is 23.9 Å². The number of hydrogen-bond acceptors (Lipinski definition) is 5. The fourth-order valence-electron chi connectivity index (χ4n) is 4.69.